The van der Waals surface area contributed by atoms with Crippen LogP contribution in [-0.2, 0) is 22.6 Å². The monoisotopic (exact) mass is 354 g/mol. The third-order valence-electron chi connectivity index (χ3n) is 4.20. The molecular weight excluding hydrogens is 328 g/mol. The number of nitrogens with zero attached hydrogens (tertiary/aromatic N) is 1. The van der Waals surface area contributed by atoms with Crippen molar-refractivity contribution in [2.24, 2.45) is 0 Å². The van der Waals surface area contributed by atoms with Gasteiger partial charge >= 0.3 is 0 Å². The molecule has 0 radical (unpaired) electrons. The Bertz CT molecular complexity index is 689. The van der Waals surface area contributed by atoms with Gasteiger partial charge in [-0.1, -0.05) is 60.7 Å². The summed E-state index contributed by atoms with van der Waals surface area (Å²) < 4.78 is 0. The van der Waals surface area contributed by atoms with Gasteiger partial charge in [-0.15, -0.1) is 0 Å². The summed E-state index contributed by atoms with van der Waals surface area (Å²) >= 11 is 0. The number of carbonyl (C=O) groups is 2. The van der Waals surface area contributed by atoms with Gasteiger partial charge in [0.2, 0.25) is 11.8 Å². The number of nitrogens with one attached hydrogen (secondary N) is 1. The van der Waals surface area contributed by atoms with Gasteiger partial charge in [-0.3, -0.25) is 9.59 Å². The van der Waals surface area contributed by atoms with Crippen LogP contribution in [0.4, 0.5) is 0 Å². The lowest BCUT2D eigenvalue weighted by atomic mass is 10.1. The third-order valence-corrected chi connectivity index (χ3v) is 4.20. The van der Waals surface area contributed by atoms with E-state index in [0.29, 0.717) is 19.5 Å². The maximum Gasteiger partial charge on any atom is 0.242 e. The highest BCUT2D eigenvalue weighted by molar-refractivity contribution is 5.88. The van der Waals surface area contributed by atoms with Gasteiger partial charge in [-0.05, 0) is 24.5 Å². The number of amides is 2. The molecule has 0 aromatic heterocycles. The molecule has 5 heteroatoms. The average Bonchev–Trinajstić information content (AvgIpc) is 2.67. The molecule has 2 N–H and O–H groups in total. The highest BCUT2D eigenvalue weighted by atomic mass is 16.3. The van der Waals surface area contributed by atoms with Crippen molar-refractivity contribution in [2.75, 3.05) is 13.2 Å². The lowest BCUT2D eigenvalue weighted by molar-refractivity contribution is -0.140. The Morgan fingerprint density at radius 1 is 1.00 bits per heavy atom. The topological polar surface area (TPSA) is 69.6 Å². The van der Waals surface area contributed by atoms with E-state index >= 15 is 0 Å². The van der Waals surface area contributed by atoms with E-state index in [4.69, 9.17) is 5.11 Å². The molecule has 1 unspecified atom stereocenters. The van der Waals surface area contributed by atoms with Crippen LogP contribution in [0.1, 0.15) is 24.5 Å². The largest absolute Gasteiger partial charge is 0.396 e. The summed E-state index contributed by atoms with van der Waals surface area (Å²) in [7, 11) is 0. The molecule has 1 atom stereocenters. The van der Waals surface area contributed by atoms with Gasteiger partial charge in [-0.2, -0.15) is 0 Å². The molecule has 2 aromatic carbocycles. The maximum atomic E-state index is 12.9. The molecule has 138 valence electrons. The van der Waals surface area contributed by atoms with Crippen LogP contribution in [0.5, 0.6) is 0 Å². The second-order valence-electron chi connectivity index (χ2n) is 6.21. The Morgan fingerprint density at radius 2 is 1.58 bits per heavy atom. The van der Waals surface area contributed by atoms with E-state index in [-0.39, 0.29) is 24.8 Å². The Hall–Kier alpha value is -2.66. The number of carbonyl (C=O) groups excluding carboxylic acids is 2. The fourth-order valence-corrected chi connectivity index (χ4v) is 2.67. The standard InChI is InChI=1S/C21H26N2O3/c1-17(21(26)22-13-8-14-24)23(16-19-11-6-3-7-12-19)20(25)15-18-9-4-2-5-10-18/h2-7,9-12,17,24H,8,13-16H2,1H3,(H,22,26). The van der Waals surface area contributed by atoms with E-state index in [0.717, 1.165) is 11.1 Å². The first-order chi connectivity index (χ1) is 12.6. The molecule has 2 aromatic rings. The van der Waals surface area contributed by atoms with Crippen molar-refractivity contribution in [3.05, 3.63) is 71.8 Å². The van der Waals surface area contributed by atoms with Gasteiger partial charge in [0.25, 0.3) is 0 Å². The van der Waals surface area contributed by atoms with Crippen molar-refractivity contribution in [2.45, 2.75) is 32.4 Å². The van der Waals surface area contributed by atoms with Gasteiger partial charge in [0.15, 0.2) is 0 Å². The number of aliphatic hydroxyl groups excluding tert-OH is 1. The molecule has 0 aliphatic heterocycles. The quantitative estimate of drug-likeness (QED) is 0.678. The fourth-order valence-electron chi connectivity index (χ4n) is 2.67. The van der Waals surface area contributed by atoms with Crippen molar-refractivity contribution in [3.8, 4) is 0 Å². The minimum atomic E-state index is -0.592. The minimum Gasteiger partial charge on any atom is -0.396 e. The van der Waals surface area contributed by atoms with Crippen LogP contribution in [0.2, 0.25) is 0 Å². The molecule has 5 nitrogen and oxygen atoms in total. The molecule has 2 amide bonds. The first-order valence-corrected chi connectivity index (χ1v) is 8.87. The zero-order chi connectivity index (χ0) is 18.8. The molecule has 0 bridgehead atoms. The normalized spacial score (nSPS) is 11.6. The lowest BCUT2D eigenvalue weighted by Gasteiger charge is -2.29. The van der Waals surface area contributed by atoms with Crippen LogP contribution in [-0.4, -0.2) is 41.0 Å². The van der Waals surface area contributed by atoms with E-state index in [1.807, 2.05) is 60.7 Å². The number of hydrogen-bond acceptors (Lipinski definition) is 3. The van der Waals surface area contributed by atoms with Crippen LogP contribution in [0.25, 0.3) is 0 Å². The van der Waals surface area contributed by atoms with Gasteiger partial charge in [0.05, 0.1) is 6.42 Å². The first-order valence-electron chi connectivity index (χ1n) is 8.87. The van der Waals surface area contributed by atoms with Crippen molar-refractivity contribution >= 4 is 11.8 Å². The van der Waals surface area contributed by atoms with Crippen LogP contribution in [0.3, 0.4) is 0 Å². The number of aliphatic hydroxyl groups is 1. The van der Waals surface area contributed by atoms with E-state index in [1.54, 1.807) is 11.8 Å². The zero-order valence-electron chi connectivity index (χ0n) is 15.1. The van der Waals surface area contributed by atoms with Crippen LogP contribution in [0, 0.1) is 0 Å². The molecular formula is C21H26N2O3. The van der Waals surface area contributed by atoms with Crippen molar-refractivity contribution in [3.63, 3.8) is 0 Å². The van der Waals surface area contributed by atoms with Gasteiger partial charge in [-0.25, -0.2) is 0 Å². The second kappa shape index (κ2) is 10.4. The molecule has 0 aliphatic rings. The summed E-state index contributed by atoms with van der Waals surface area (Å²) in [6.07, 6.45) is 0.747. The van der Waals surface area contributed by atoms with Crippen molar-refractivity contribution < 1.29 is 14.7 Å². The summed E-state index contributed by atoms with van der Waals surface area (Å²) in [6.45, 7) is 2.53. The van der Waals surface area contributed by atoms with Gasteiger partial charge in [0, 0.05) is 19.7 Å². The molecule has 0 heterocycles. The number of benzene rings is 2. The summed E-state index contributed by atoms with van der Waals surface area (Å²) in [5.74, 6) is -0.305. The first kappa shape index (κ1) is 19.7. The Balaban J connectivity index is 2.12. The SMILES string of the molecule is CC(C(=O)NCCCO)N(Cc1ccccc1)C(=O)Cc1ccccc1. The van der Waals surface area contributed by atoms with E-state index < -0.39 is 6.04 Å². The van der Waals surface area contributed by atoms with Crippen LogP contribution in [0.15, 0.2) is 60.7 Å². The molecule has 2 rings (SSSR count). The third kappa shape index (κ3) is 6.01. The number of rotatable bonds is 9. The predicted molar refractivity (Wildman–Crippen MR) is 101 cm³/mol. The lowest BCUT2D eigenvalue weighted by Crippen LogP contribution is -2.48. The minimum absolute atomic E-state index is 0.0231. The Kier molecular flexibility index (Phi) is 7.83. The highest BCUT2D eigenvalue weighted by Crippen LogP contribution is 2.12. The summed E-state index contributed by atoms with van der Waals surface area (Å²) in [5, 5.41) is 11.6. The van der Waals surface area contributed by atoms with Crippen molar-refractivity contribution in [1.29, 1.82) is 0 Å². The summed E-state index contributed by atoms with van der Waals surface area (Å²) in [4.78, 5) is 26.9. The van der Waals surface area contributed by atoms with E-state index in [9.17, 15) is 9.59 Å². The smallest absolute Gasteiger partial charge is 0.242 e. The highest BCUT2D eigenvalue weighted by Gasteiger charge is 2.25. The predicted octanol–water partition coefficient (Wildman–Crippen LogP) is 2.14. The van der Waals surface area contributed by atoms with Gasteiger partial charge in [0.1, 0.15) is 6.04 Å². The molecule has 26 heavy (non-hydrogen) atoms. The molecule has 0 aliphatic carbocycles. The van der Waals surface area contributed by atoms with Crippen LogP contribution < -0.4 is 5.32 Å². The second-order valence-corrected chi connectivity index (χ2v) is 6.21. The fraction of sp³-hybridized carbons (Fsp3) is 0.333. The summed E-state index contributed by atoms with van der Waals surface area (Å²) in [6, 6.07) is 18.6. The average molecular weight is 354 g/mol. The van der Waals surface area contributed by atoms with Crippen LogP contribution >= 0.6 is 0 Å². The van der Waals surface area contributed by atoms with E-state index in [2.05, 4.69) is 5.32 Å². The molecule has 0 fully saturated rings. The van der Waals surface area contributed by atoms with E-state index in [1.165, 1.54) is 0 Å². The Labute approximate surface area is 154 Å². The molecule has 0 spiro atoms. The Morgan fingerprint density at radius 3 is 2.15 bits per heavy atom. The van der Waals surface area contributed by atoms with Gasteiger partial charge < -0.3 is 15.3 Å². The molecule has 0 saturated heterocycles. The maximum absolute atomic E-state index is 12.9. The summed E-state index contributed by atoms with van der Waals surface area (Å²) in [5.41, 5.74) is 1.90. The number of hydrogen-bond donors (Lipinski definition) is 2. The van der Waals surface area contributed by atoms with Crippen molar-refractivity contribution in [1.82, 2.24) is 10.2 Å². The molecule has 0 saturated carbocycles. The zero-order valence-corrected chi connectivity index (χ0v) is 15.1.